The van der Waals surface area contributed by atoms with Crippen molar-refractivity contribution >= 4 is 5.97 Å². The van der Waals surface area contributed by atoms with Crippen molar-refractivity contribution in [3.63, 3.8) is 0 Å². The fourth-order valence-electron chi connectivity index (χ4n) is 6.40. The van der Waals surface area contributed by atoms with Crippen LogP contribution >= 0.6 is 0 Å². The van der Waals surface area contributed by atoms with Gasteiger partial charge in [-0.3, -0.25) is 4.79 Å². The van der Waals surface area contributed by atoms with Crippen LogP contribution in [0.1, 0.15) is 83.4 Å². The van der Waals surface area contributed by atoms with Crippen LogP contribution in [0.3, 0.4) is 0 Å². The molecule has 0 aromatic carbocycles. The summed E-state index contributed by atoms with van der Waals surface area (Å²) in [6.45, 7) is 16.2. The van der Waals surface area contributed by atoms with E-state index in [1.165, 1.54) is 52.0 Å². The first kappa shape index (κ1) is 29.7. The van der Waals surface area contributed by atoms with E-state index in [0.717, 1.165) is 62.9 Å². The molecule has 4 rings (SSSR count). The normalized spacial score (nSPS) is 18.8. The molecule has 0 aliphatic carbocycles. The number of H-pyrrole nitrogens is 1. The van der Waals surface area contributed by atoms with Gasteiger partial charge in [-0.25, -0.2) is 9.97 Å². The van der Waals surface area contributed by atoms with E-state index in [1.807, 2.05) is 19.3 Å². The van der Waals surface area contributed by atoms with Gasteiger partial charge in [0, 0.05) is 57.3 Å². The zero-order valence-corrected chi connectivity index (χ0v) is 24.5. The Bertz CT molecular complexity index is 966. The molecule has 2 saturated heterocycles. The van der Waals surface area contributed by atoms with Crippen molar-refractivity contribution < 1.29 is 9.53 Å². The minimum Gasteiger partial charge on any atom is -0.466 e. The number of rotatable bonds is 16. The summed E-state index contributed by atoms with van der Waals surface area (Å²) < 4.78 is 7.36. The summed E-state index contributed by atoms with van der Waals surface area (Å²) in [6.07, 6.45) is 15.9. The molecule has 0 saturated carbocycles. The van der Waals surface area contributed by atoms with Crippen molar-refractivity contribution in [2.24, 2.45) is 11.3 Å². The molecule has 0 bridgehead atoms. The molecule has 39 heavy (non-hydrogen) atoms. The van der Waals surface area contributed by atoms with Gasteiger partial charge in [-0.2, -0.15) is 0 Å². The Hall–Kier alpha value is -2.23. The average molecular weight is 542 g/mol. The number of aromatic nitrogens is 4. The van der Waals surface area contributed by atoms with Gasteiger partial charge >= 0.3 is 5.97 Å². The summed E-state index contributed by atoms with van der Waals surface area (Å²) >= 11 is 0. The Morgan fingerprint density at radius 3 is 2.59 bits per heavy atom. The Labute approximate surface area is 235 Å². The summed E-state index contributed by atoms with van der Waals surface area (Å²) in [5.41, 5.74) is 0.555. The molecule has 2 aromatic rings. The third-order valence-electron chi connectivity index (χ3n) is 8.45. The molecule has 2 N–H and O–H groups in total. The van der Waals surface area contributed by atoms with Gasteiger partial charge in [0.25, 0.3) is 0 Å². The maximum absolute atomic E-state index is 11.6. The number of aromatic amines is 1. The number of hydrogen-bond donors (Lipinski definition) is 2. The summed E-state index contributed by atoms with van der Waals surface area (Å²) in [5.74, 6) is 2.67. The standard InChI is InChI=1S/C30H51N7O2/c1-4-39-28(38)8-5-6-12-31-26(22-27-32-13-14-33-27)29-34-15-21-37(29)17-7-16-36-20-11-30(24-36)9-18-35(19-10-30)23-25(2)3/h13-15,21,25-26,31H,4-12,16-20,22-24H2,1-3H3,(H,32,33). The lowest BCUT2D eigenvalue weighted by Crippen LogP contribution is -2.42. The SMILES string of the molecule is CCOC(=O)CCCCNC(Cc1ncc[nH]1)c1nccn1CCCN1CCC2(CCN(CC(C)C)CC2)C1. The third kappa shape index (κ3) is 9.15. The zero-order valence-electron chi connectivity index (χ0n) is 24.5. The van der Waals surface area contributed by atoms with Crippen molar-refractivity contribution in [2.45, 2.75) is 84.7 Å². The van der Waals surface area contributed by atoms with Crippen LogP contribution in [0, 0.1) is 11.3 Å². The maximum Gasteiger partial charge on any atom is 0.305 e. The van der Waals surface area contributed by atoms with Crippen LogP contribution in [0.4, 0.5) is 0 Å². The molecule has 1 spiro atoms. The minimum absolute atomic E-state index is 0.0693. The summed E-state index contributed by atoms with van der Waals surface area (Å²) in [7, 11) is 0. The molecule has 2 aliphatic heterocycles. The van der Waals surface area contributed by atoms with Gasteiger partial charge in [0.1, 0.15) is 11.6 Å². The summed E-state index contributed by atoms with van der Waals surface area (Å²) in [5, 5.41) is 3.68. The van der Waals surface area contributed by atoms with Crippen molar-refractivity contribution in [3.8, 4) is 0 Å². The monoisotopic (exact) mass is 541 g/mol. The number of unbranched alkanes of at least 4 members (excludes halogenated alkanes) is 1. The quantitative estimate of drug-likeness (QED) is 0.245. The lowest BCUT2D eigenvalue weighted by Gasteiger charge is -2.40. The molecule has 2 aliphatic rings. The van der Waals surface area contributed by atoms with Gasteiger partial charge < -0.3 is 29.4 Å². The minimum atomic E-state index is -0.110. The van der Waals surface area contributed by atoms with Gasteiger partial charge in [0.05, 0.1) is 12.6 Å². The highest BCUT2D eigenvalue weighted by Crippen LogP contribution is 2.40. The number of aryl methyl sites for hydroxylation is 1. The molecule has 2 fully saturated rings. The predicted molar refractivity (Wildman–Crippen MR) is 154 cm³/mol. The number of piperidine rings is 1. The van der Waals surface area contributed by atoms with Gasteiger partial charge in [-0.1, -0.05) is 13.8 Å². The Morgan fingerprint density at radius 1 is 1.08 bits per heavy atom. The summed E-state index contributed by atoms with van der Waals surface area (Å²) in [6, 6.07) is 0.0693. The van der Waals surface area contributed by atoms with Crippen LogP contribution in [-0.2, 0) is 22.5 Å². The lowest BCUT2D eigenvalue weighted by atomic mass is 9.77. The van der Waals surface area contributed by atoms with Crippen molar-refractivity contribution in [2.75, 3.05) is 52.4 Å². The Morgan fingerprint density at radius 2 is 1.87 bits per heavy atom. The van der Waals surface area contributed by atoms with Gasteiger partial charge in [0.15, 0.2) is 0 Å². The number of esters is 1. The predicted octanol–water partition coefficient (Wildman–Crippen LogP) is 4.05. The highest BCUT2D eigenvalue weighted by Gasteiger charge is 2.40. The average Bonchev–Trinajstić information content (AvgIpc) is 3.67. The van der Waals surface area contributed by atoms with E-state index < -0.39 is 0 Å². The molecular weight excluding hydrogens is 490 g/mol. The van der Waals surface area contributed by atoms with E-state index in [1.54, 1.807) is 6.20 Å². The number of imidazole rings is 2. The van der Waals surface area contributed by atoms with Gasteiger partial charge in [-0.05, 0) is 89.5 Å². The van der Waals surface area contributed by atoms with E-state index in [9.17, 15) is 4.79 Å². The molecule has 1 unspecified atom stereocenters. The van der Waals surface area contributed by atoms with Crippen LogP contribution in [-0.4, -0.2) is 87.7 Å². The van der Waals surface area contributed by atoms with E-state index in [-0.39, 0.29) is 12.0 Å². The summed E-state index contributed by atoms with van der Waals surface area (Å²) in [4.78, 5) is 29.5. The second kappa shape index (κ2) is 15.0. The molecule has 1 atom stereocenters. The van der Waals surface area contributed by atoms with E-state index in [0.29, 0.717) is 18.4 Å². The van der Waals surface area contributed by atoms with Gasteiger partial charge in [-0.15, -0.1) is 0 Å². The van der Waals surface area contributed by atoms with E-state index in [4.69, 9.17) is 9.72 Å². The van der Waals surface area contributed by atoms with Crippen molar-refractivity contribution in [1.82, 2.24) is 34.6 Å². The number of carbonyl (C=O) groups is 1. The second-order valence-electron chi connectivity index (χ2n) is 12.1. The largest absolute Gasteiger partial charge is 0.466 e. The number of nitrogens with one attached hydrogen (secondary N) is 2. The van der Waals surface area contributed by atoms with E-state index >= 15 is 0 Å². The molecule has 9 nitrogen and oxygen atoms in total. The van der Waals surface area contributed by atoms with Crippen LogP contribution in [0.15, 0.2) is 24.8 Å². The molecule has 0 radical (unpaired) electrons. The Balaban J connectivity index is 1.24. The number of ether oxygens (including phenoxy) is 1. The molecule has 0 amide bonds. The first-order valence-corrected chi connectivity index (χ1v) is 15.3. The van der Waals surface area contributed by atoms with Gasteiger partial charge in [0.2, 0.25) is 0 Å². The first-order valence-electron chi connectivity index (χ1n) is 15.3. The molecule has 218 valence electrons. The van der Waals surface area contributed by atoms with Crippen LogP contribution in [0.2, 0.25) is 0 Å². The Kier molecular flexibility index (Phi) is 11.4. The number of hydrogen-bond acceptors (Lipinski definition) is 7. The topological polar surface area (TPSA) is 91.3 Å². The van der Waals surface area contributed by atoms with Crippen LogP contribution in [0.5, 0.6) is 0 Å². The number of likely N-dealkylation sites (tertiary alicyclic amines) is 2. The molecule has 2 aromatic heterocycles. The zero-order chi connectivity index (χ0) is 27.5. The fourth-order valence-corrected chi connectivity index (χ4v) is 6.40. The van der Waals surface area contributed by atoms with Crippen LogP contribution in [0.25, 0.3) is 0 Å². The molecule has 4 heterocycles. The second-order valence-corrected chi connectivity index (χ2v) is 12.1. The first-order chi connectivity index (χ1) is 19.0. The molecular formula is C30H51N7O2. The van der Waals surface area contributed by atoms with Crippen molar-refractivity contribution in [1.29, 1.82) is 0 Å². The lowest BCUT2D eigenvalue weighted by molar-refractivity contribution is -0.143. The third-order valence-corrected chi connectivity index (χ3v) is 8.45. The van der Waals surface area contributed by atoms with E-state index in [2.05, 4.69) is 49.7 Å². The highest BCUT2D eigenvalue weighted by molar-refractivity contribution is 5.69. The smallest absolute Gasteiger partial charge is 0.305 e. The molecule has 9 heteroatoms. The maximum atomic E-state index is 11.6. The fraction of sp³-hybridized carbons (Fsp3) is 0.767. The number of nitrogens with zero attached hydrogens (tertiary/aromatic N) is 5. The highest BCUT2D eigenvalue weighted by atomic mass is 16.5. The van der Waals surface area contributed by atoms with Crippen LogP contribution < -0.4 is 5.32 Å². The number of carbonyl (C=O) groups excluding carboxylic acids is 1. The van der Waals surface area contributed by atoms with Crippen molar-refractivity contribution in [3.05, 3.63) is 36.4 Å².